The van der Waals surface area contributed by atoms with Crippen molar-refractivity contribution >= 4 is 0 Å². The van der Waals surface area contributed by atoms with Gasteiger partial charge in [-0.1, -0.05) is 13.8 Å². The first-order valence-corrected chi connectivity index (χ1v) is 6.69. The molecule has 2 aliphatic rings. The largest absolute Gasteiger partial charge is 0.316 e. The molecular weight excluding hydrogens is 184 g/mol. The normalized spacial score (nSPS) is 33.0. The lowest BCUT2D eigenvalue weighted by Crippen LogP contribution is -2.48. The van der Waals surface area contributed by atoms with E-state index in [1.165, 1.54) is 52.0 Å². The van der Waals surface area contributed by atoms with Crippen LogP contribution in [0.1, 0.15) is 33.1 Å². The molecule has 1 N–H and O–H groups in total. The SMILES string of the molecule is CC(C)CCN1CCC2CNCCC2C1. The lowest BCUT2D eigenvalue weighted by atomic mass is 9.81. The second-order valence-corrected chi connectivity index (χ2v) is 5.78. The Morgan fingerprint density at radius 1 is 1.27 bits per heavy atom. The van der Waals surface area contributed by atoms with E-state index in [-0.39, 0.29) is 0 Å². The van der Waals surface area contributed by atoms with Crippen LogP contribution in [0.25, 0.3) is 0 Å². The number of rotatable bonds is 3. The van der Waals surface area contributed by atoms with Gasteiger partial charge in [-0.25, -0.2) is 0 Å². The van der Waals surface area contributed by atoms with Gasteiger partial charge in [0, 0.05) is 6.54 Å². The summed E-state index contributed by atoms with van der Waals surface area (Å²) in [6.07, 6.45) is 4.20. The molecule has 2 fully saturated rings. The molecule has 0 amide bonds. The van der Waals surface area contributed by atoms with Crippen LogP contribution in [0.3, 0.4) is 0 Å². The Morgan fingerprint density at radius 2 is 2.13 bits per heavy atom. The quantitative estimate of drug-likeness (QED) is 0.766. The van der Waals surface area contributed by atoms with Crippen molar-refractivity contribution in [2.75, 3.05) is 32.7 Å². The predicted molar refractivity (Wildman–Crippen MR) is 65.0 cm³/mol. The third-order valence-corrected chi connectivity index (χ3v) is 4.10. The Hall–Kier alpha value is -0.0800. The van der Waals surface area contributed by atoms with Crippen molar-refractivity contribution in [1.29, 1.82) is 0 Å². The smallest absolute Gasteiger partial charge is 0.00133 e. The van der Waals surface area contributed by atoms with Gasteiger partial charge in [0.15, 0.2) is 0 Å². The summed E-state index contributed by atoms with van der Waals surface area (Å²) in [7, 11) is 0. The number of fused-ring (bicyclic) bond motifs is 1. The van der Waals surface area contributed by atoms with Crippen molar-refractivity contribution in [3.8, 4) is 0 Å². The standard InChI is InChI=1S/C13H26N2/c1-11(2)4-7-15-8-5-12-9-14-6-3-13(12)10-15/h11-14H,3-10H2,1-2H3. The number of hydrogen-bond acceptors (Lipinski definition) is 2. The van der Waals surface area contributed by atoms with Crippen LogP contribution in [-0.4, -0.2) is 37.6 Å². The molecule has 0 aliphatic carbocycles. The third-order valence-electron chi connectivity index (χ3n) is 4.10. The van der Waals surface area contributed by atoms with E-state index in [1.54, 1.807) is 0 Å². The van der Waals surface area contributed by atoms with Crippen molar-refractivity contribution < 1.29 is 0 Å². The molecule has 0 bridgehead atoms. The van der Waals surface area contributed by atoms with Gasteiger partial charge >= 0.3 is 0 Å². The van der Waals surface area contributed by atoms with Crippen molar-refractivity contribution in [3.63, 3.8) is 0 Å². The summed E-state index contributed by atoms with van der Waals surface area (Å²) in [6, 6.07) is 0. The van der Waals surface area contributed by atoms with Crippen LogP contribution >= 0.6 is 0 Å². The fraction of sp³-hybridized carbons (Fsp3) is 1.00. The maximum absolute atomic E-state index is 3.53. The zero-order valence-corrected chi connectivity index (χ0v) is 10.3. The van der Waals surface area contributed by atoms with Crippen molar-refractivity contribution in [2.45, 2.75) is 33.1 Å². The van der Waals surface area contributed by atoms with Crippen LogP contribution in [0.2, 0.25) is 0 Å². The summed E-state index contributed by atoms with van der Waals surface area (Å²) in [5, 5.41) is 3.53. The molecular formula is C13H26N2. The van der Waals surface area contributed by atoms with Gasteiger partial charge < -0.3 is 10.2 Å². The predicted octanol–water partition coefficient (Wildman–Crippen LogP) is 1.96. The zero-order chi connectivity index (χ0) is 10.7. The van der Waals surface area contributed by atoms with Gasteiger partial charge in [0.1, 0.15) is 0 Å². The van der Waals surface area contributed by atoms with Gasteiger partial charge in [0.05, 0.1) is 0 Å². The third kappa shape index (κ3) is 3.18. The van der Waals surface area contributed by atoms with E-state index in [9.17, 15) is 0 Å². The van der Waals surface area contributed by atoms with Crippen molar-refractivity contribution in [1.82, 2.24) is 10.2 Å². The minimum Gasteiger partial charge on any atom is -0.316 e. The summed E-state index contributed by atoms with van der Waals surface area (Å²) in [5.74, 6) is 2.83. The lowest BCUT2D eigenvalue weighted by Gasteiger charge is -2.41. The summed E-state index contributed by atoms with van der Waals surface area (Å²) in [5.41, 5.74) is 0. The Labute approximate surface area is 94.4 Å². The van der Waals surface area contributed by atoms with Crippen LogP contribution < -0.4 is 5.32 Å². The number of likely N-dealkylation sites (tertiary alicyclic amines) is 1. The molecule has 0 saturated carbocycles. The number of nitrogens with zero attached hydrogens (tertiary/aromatic N) is 1. The van der Waals surface area contributed by atoms with E-state index in [2.05, 4.69) is 24.1 Å². The van der Waals surface area contributed by atoms with E-state index in [1.807, 2.05) is 0 Å². The molecule has 2 heteroatoms. The van der Waals surface area contributed by atoms with Gasteiger partial charge in [-0.05, 0) is 63.2 Å². The van der Waals surface area contributed by atoms with E-state index < -0.39 is 0 Å². The van der Waals surface area contributed by atoms with Crippen LogP contribution in [0, 0.1) is 17.8 Å². The fourth-order valence-electron chi connectivity index (χ4n) is 2.97. The topological polar surface area (TPSA) is 15.3 Å². The van der Waals surface area contributed by atoms with Crippen molar-refractivity contribution in [3.05, 3.63) is 0 Å². The molecule has 15 heavy (non-hydrogen) atoms. The van der Waals surface area contributed by atoms with Crippen LogP contribution in [0.15, 0.2) is 0 Å². The molecule has 2 nitrogen and oxygen atoms in total. The highest BCUT2D eigenvalue weighted by Gasteiger charge is 2.30. The number of hydrogen-bond donors (Lipinski definition) is 1. The molecule has 0 aromatic carbocycles. The molecule has 2 saturated heterocycles. The number of nitrogens with one attached hydrogen (secondary N) is 1. The first kappa shape index (κ1) is 11.4. The van der Waals surface area contributed by atoms with Gasteiger partial charge in [-0.3, -0.25) is 0 Å². The highest BCUT2D eigenvalue weighted by Crippen LogP contribution is 2.28. The molecule has 0 aromatic heterocycles. The highest BCUT2D eigenvalue weighted by molar-refractivity contribution is 4.85. The Kier molecular flexibility index (Phi) is 4.04. The van der Waals surface area contributed by atoms with Gasteiger partial charge in [-0.2, -0.15) is 0 Å². The minimum atomic E-state index is 0.857. The fourth-order valence-corrected chi connectivity index (χ4v) is 2.97. The second kappa shape index (κ2) is 5.31. The summed E-state index contributed by atoms with van der Waals surface area (Å²) in [6.45, 7) is 11.2. The van der Waals surface area contributed by atoms with E-state index >= 15 is 0 Å². The first-order valence-electron chi connectivity index (χ1n) is 6.69. The zero-order valence-electron chi connectivity index (χ0n) is 10.3. The monoisotopic (exact) mass is 210 g/mol. The molecule has 88 valence electrons. The van der Waals surface area contributed by atoms with Crippen molar-refractivity contribution in [2.24, 2.45) is 17.8 Å². The van der Waals surface area contributed by atoms with Gasteiger partial charge in [0.2, 0.25) is 0 Å². The Balaban J connectivity index is 1.75. The molecule has 2 rings (SSSR count). The highest BCUT2D eigenvalue weighted by atomic mass is 15.1. The average molecular weight is 210 g/mol. The van der Waals surface area contributed by atoms with Crippen LogP contribution in [0.5, 0.6) is 0 Å². The summed E-state index contributed by atoms with van der Waals surface area (Å²) < 4.78 is 0. The summed E-state index contributed by atoms with van der Waals surface area (Å²) in [4.78, 5) is 2.70. The molecule has 0 aromatic rings. The van der Waals surface area contributed by atoms with E-state index in [0.29, 0.717) is 0 Å². The van der Waals surface area contributed by atoms with Crippen LogP contribution in [-0.2, 0) is 0 Å². The van der Waals surface area contributed by atoms with Gasteiger partial charge in [-0.15, -0.1) is 0 Å². The molecule has 2 heterocycles. The Bertz CT molecular complexity index is 191. The maximum Gasteiger partial charge on any atom is 0.00133 e. The average Bonchev–Trinajstić information content (AvgIpc) is 2.26. The summed E-state index contributed by atoms with van der Waals surface area (Å²) >= 11 is 0. The molecule has 0 spiro atoms. The Morgan fingerprint density at radius 3 is 2.93 bits per heavy atom. The van der Waals surface area contributed by atoms with E-state index in [0.717, 1.165) is 17.8 Å². The second-order valence-electron chi connectivity index (χ2n) is 5.78. The van der Waals surface area contributed by atoms with Gasteiger partial charge in [0.25, 0.3) is 0 Å². The minimum absolute atomic E-state index is 0.857. The molecule has 0 radical (unpaired) electrons. The van der Waals surface area contributed by atoms with Crippen LogP contribution in [0.4, 0.5) is 0 Å². The molecule has 2 aliphatic heterocycles. The molecule has 2 unspecified atom stereocenters. The first-order chi connectivity index (χ1) is 7.25. The number of piperidine rings is 2. The maximum atomic E-state index is 3.53. The molecule has 2 atom stereocenters. The van der Waals surface area contributed by atoms with E-state index in [4.69, 9.17) is 0 Å². The lowest BCUT2D eigenvalue weighted by molar-refractivity contribution is 0.0921.